The van der Waals surface area contributed by atoms with E-state index in [4.69, 9.17) is 9.47 Å². The molecule has 29 heavy (non-hydrogen) atoms. The molecule has 0 atom stereocenters. The van der Waals surface area contributed by atoms with Crippen molar-refractivity contribution < 1.29 is 19.1 Å². The van der Waals surface area contributed by atoms with E-state index in [0.717, 1.165) is 16.8 Å². The predicted octanol–water partition coefficient (Wildman–Crippen LogP) is 2.49. The van der Waals surface area contributed by atoms with Crippen LogP contribution in [0.1, 0.15) is 16.1 Å². The third kappa shape index (κ3) is 4.06. The topological polar surface area (TPSA) is 94.5 Å². The normalized spacial score (nSPS) is 11.9. The average molecular weight is 392 g/mol. The summed E-state index contributed by atoms with van der Waals surface area (Å²) in [6, 6.07) is 14.8. The van der Waals surface area contributed by atoms with Crippen molar-refractivity contribution in [2.24, 2.45) is 7.05 Å². The summed E-state index contributed by atoms with van der Waals surface area (Å²) in [4.78, 5) is 24.6. The number of carbonyl (C=O) groups is 2. The zero-order chi connectivity index (χ0) is 20.4. The van der Waals surface area contributed by atoms with Crippen LogP contribution >= 0.6 is 0 Å². The molecule has 0 saturated carbocycles. The maximum absolute atomic E-state index is 12.4. The Morgan fingerprint density at radius 2 is 1.83 bits per heavy atom. The molecule has 0 spiro atoms. The number of amides is 2. The van der Waals surface area contributed by atoms with Gasteiger partial charge in [-0.05, 0) is 30.7 Å². The summed E-state index contributed by atoms with van der Waals surface area (Å²) in [6.07, 6.45) is 0. The van der Waals surface area contributed by atoms with Crippen molar-refractivity contribution in [3.8, 4) is 22.8 Å². The van der Waals surface area contributed by atoms with E-state index in [1.165, 1.54) is 0 Å². The second kappa shape index (κ2) is 7.67. The van der Waals surface area contributed by atoms with E-state index in [1.807, 2.05) is 31.2 Å². The van der Waals surface area contributed by atoms with E-state index in [2.05, 4.69) is 15.7 Å². The first-order valence-corrected chi connectivity index (χ1v) is 9.08. The van der Waals surface area contributed by atoms with Crippen LogP contribution in [0.2, 0.25) is 0 Å². The fourth-order valence-corrected chi connectivity index (χ4v) is 3.00. The Kier molecular flexibility index (Phi) is 4.90. The Morgan fingerprint density at radius 1 is 1.07 bits per heavy atom. The van der Waals surface area contributed by atoms with Crippen molar-refractivity contribution >= 4 is 17.5 Å². The van der Waals surface area contributed by atoms with E-state index in [-0.39, 0.29) is 24.9 Å². The molecule has 0 unspecified atom stereocenters. The van der Waals surface area contributed by atoms with Crippen molar-refractivity contribution in [3.63, 3.8) is 0 Å². The van der Waals surface area contributed by atoms with E-state index < -0.39 is 5.91 Å². The van der Waals surface area contributed by atoms with Gasteiger partial charge in [-0.2, -0.15) is 5.10 Å². The Bertz CT molecular complexity index is 1070. The Morgan fingerprint density at radius 3 is 2.62 bits per heavy atom. The average Bonchev–Trinajstić information content (AvgIpc) is 3.33. The first kappa shape index (κ1) is 18.5. The minimum absolute atomic E-state index is 0.164. The molecule has 2 amide bonds. The highest BCUT2D eigenvalue weighted by Gasteiger charge is 2.16. The number of nitrogens with zero attached hydrogens (tertiary/aromatic N) is 2. The maximum Gasteiger partial charge on any atom is 0.272 e. The SMILES string of the molecule is Cc1ccc(-c2cc(C(=O)NCC(=O)Nc3ccc4c(c3)OCO4)nn2C)cc1. The zero-order valence-electron chi connectivity index (χ0n) is 16.1. The summed E-state index contributed by atoms with van der Waals surface area (Å²) in [5.74, 6) is 0.437. The molecule has 3 aromatic rings. The van der Waals surface area contributed by atoms with Crippen LogP contribution in [0, 0.1) is 6.92 Å². The number of carbonyl (C=O) groups excluding carboxylic acids is 2. The molecule has 4 rings (SSSR count). The molecule has 8 heteroatoms. The molecule has 2 heterocycles. The summed E-state index contributed by atoms with van der Waals surface area (Å²) in [7, 11) is 1.78. The standard InChI is InChI=1S/C21H20N4O4/c1-13-3-5-14(6-4-13)17-10-16(24-25(17)2)21(27)22-11-20(26)23-15-7-8-18-19(9-15)29-12-28-18/h3-10H,11-12H2,1-2H3,(H,22,27)(H,23,26). The smallest absolute Gasteiger partial charge is 0.272 e. The molecule has 0 aliphatic carbocycles. The molecule has 0 radical (unpaired) electrons. The minimum Gasteiger partial charge on any atom is -0.454 e. The van der Waals surface area contributed by atoms with Crippen LogP contribution in [0.25, 0.3) is 11.3 Å². The van der Waals surface area contributed by atoms with Gasteiger partial charge in [0, 0.05) is 18.8 Å². The van der Waals surface area contributed by atoms with E-state index in [0.29, 0.717) is 17.2 Å². The number of aryl methyl sites for hydroxylation is 2. The van der Waals surface area contributed by atoms with Gasteiger partial charge >= 0.3 is 0 Å². The molecule has 2 aromatic carbocycles. The summed E-state index contributed by atoms with van der Waals surface area (Å²) >= 11 is 0. The lowest BCUT2D eigenvalue weighted by molar-refractivity contribution is -0.115. The molecule has 148 valence electrons. The molecule has 0 saturated heterocycles. The molecule has 2 N–H and O–H groups in total. The van der Waals surface area contributed by atoms with Gasteiger partial charge in [-0.1, -0.05) is 29.8 Å². The van der Waals surface area contributed by atoms with Crippen LogP contribution in [0.4, 0.5) is 5.69 Å². The van der Waals surface area contributed by atoms with Crippen molar-refractivity contribution in [1.29, 1.82) is 0 Å². The van der Waals surface area contributed by atoms with Crippen LogP contribution < -0.4 is 20.1 Å². The van der Waals surface area contributed by atoms with Crippen LogP contribution in [0.3, 0.4) is 0 Å². The van der Waals surface area contributed by atoms with Gasteiger partial charge in [0.2, 0.25) is 12.7 Å². The van der Waals surface area contributed by atoms with Crippen molar-refractivity contribution in [3.05, 3.63) is 59.8 Å². The number of fused-ring (bicyclic) bond motifs is 1. The number of aromatic nitrogens is 2. The highest BCUT2D eigenvalue weighted by atomic mass is 16.7. The van der Waals surface area contributed by atoms with Gasteiger partial charge in [-0.15, -0.1) is 0 Å². The number of ether oxygens (including phenoxy) is 2. The van der Waals surface area contributed by atoms with E-state index in [1.54, 1.807) is 36.0 Å². The van der Waals surface area contributed by atoms with Crippen LogP contribution in [-0.4, -0.2) is 34.9 Å². The van der Waals surface area contributed by atoms with Crippen molar-refractivity contribution in [2.75, 3.05) is 18.7 Å². The van der Waals surface area contributed by atoms with Gasteiger partial charge in [0.05, 0.1) is 12.2 Å². The van der Waals surface area contributed by atoms with Crippen molar-refractivity contribution in [1.82, 2.24) is 15.1 Å². The molecule has 0 bridgehead atoms. The summed E-state index contributed by atoms with van der Waals surface area (Å²) in [5.41, 5.74) is 3.75. The first-order chi connectivity index (χ1) is 14.0. The number of rotatable bonds is 5. The fraction of sp³-hybridized carbons (Fsp3) is 0.190. The molecular formula is C21H20N4O4. The van der Waals surface area contributed by atoms with Gasteiger partial charge in [0.1, 0.15) is 0 Å². The van der Waals surface area contributed by atoms with Crippen LogP contribution in [-0.2, 0) is 11.8 Å². The Labute approximate surface area is 167 Å². The first-order valence-electron chi connectivity index (χ1n) is 9.08. The second-order valence-corrected chi connectivity index (χ2v) is 6.70. The number of hydrogen-bond donors (Lipinski definition) is 2. The molecule has 1 aliphatic heterocycles. The van der Waals surface area contributed by atoms with E-state index >= 15 is 0 Å². The fourth-order valence-electron chi connectivity index (χ4n) is 3.00. The predicted molar refractivity (Wildman–Crippen MR) is 107 cm³/mol. The third-order valence-corrected chi connectivity index (χ3v) is 4.53. The third-order valence-electron chi connectivity index (χ3n) is 4.53. The largest absolute Gasteiger partial charge is 0.454 e. The number of nitrogens with one attached hydrogen (secondary N) is 2. The van der Waals surface area contributed by atoms with Crippen LogP contribution in [0.15, 0.2) is 48.5 Å². The lowest BCUT2D eigenvalue weighted by atomic mass is 10.1. The van der Waals surface area contributed by atoms with Gasteiger partial charge < -0.3 is 20.1 Å². The maximum atomic E-state index is 12.4. The summed E-state index contributed by atoms with van der Waals surface area (Å²) in [5, 5.41) is 9.55. The van der Waals surface area contributed by atoms with E-state index in [9.17, 15) is 9.59 Å². The number of benzene rings is 2. The zero-order valence-corrected chi connectivity index (χ0v) is 16.1. The highest BCUT2D eigenvalue weighted by molar-refractivity contribution is 5.99. The second-order valence-electron chi connectivity index (χ2n) is 6.70. The van der Waals surface area contributed by atoms with Crippen LogP contribution in [0.5, 0.6) is 11.5 Å². The monoisotopic (exact) mass is 392 g/mol. The molecular weight excluding hydrogens is 372 g/mol. The highest BCUT2D eigenvalue weighted by Crippen LogP contribution is 2.34. The van der Waals surface area contributed by atoms with Gasteiger partial charge in [0.25, 0.3) is 5.91 Å². The number of anilines is 1. The number of hydrogen-bond acceptors (Lipinski definition) is 5. The summed E-state index contributed by atoms with van der Waals surface area (Å²) < 4.78 is 12.2. The van der Waals surface area contributed by atoms with Gasteiger partial charge in [-0.25, -0.2) is 0 Å². The lowest BCUT2D eigenvalue weighted by Gasteiger charge is -2.07. The molecule has 0 fully saturated rings. The molecule has 1 aliphatic rings. The molecule has 8 nitrogen and oxygen atoms in total. The quantitative estimate of drug-likeness (QED) is 0.696. The minimum atomic E-state index is -0.417. The summed E-state index contributed by atoms with van der Waals surface area (Å²) in [6.45, 7) is 2.00. The van der Waals surface area contributed by atoms with Gasteiger partial charge in [0.15, 0.2) is 17.2 Å². The Hall–Kier alpha value is -3.81. The Balaban J connectivity index is 1.36. The van der Waals surface area contributed by atoms with Crippen molar-refractivity contribution in [2.45, 2.75) is 6.92 Å². The lowest BCUT2D eigenvalue weighted by Crippen LogP contribution is -2.33. The molecule has 1 aromatic heterocycles. The van der Waals surface area contributed by atoms with Gasteiger partial charge in [-0.3, -0.25) is 14.3 Å².